The molecule has 20 heavy (non-hydrogen) atoms. The first-order chi connectivity index (χ1) is 9.63. The second kappa shape index (κ2) is 4.68. The highest BCUT2D eigenvalue weighted by molar-refractivity contribution is 7.98. The molecular formula is C15H12N2O2S. The van der Waals surface area contributed by atoms with Crippen molar-refractivity contribution in [2.45, 2.75) is 4.90 Å². The predicted octanol–water partition coefficient (Wildman–Crippen LogP) is 2.79. The van der Waals surface area contributed by atoms with E-state index in [1.165, 1.54) is 16.7 Å². The van der Waals surface area contributed by atoms with E-state index in [1.54, 1.807) is 24.3 Å². The molecule has 2 aromatic rings. The molecule has 0 radical (unpaired) electrons. The summed E-state index contributed by atoms with van der Waals surface area (Å²) in [6, 6.07) is 12.1. The van der Waals surface area contributed by atoms with Crippen molar-refractivity contribution in [3.05, 3.63) is 53.6 Å². The minimum atomic E-state index is -0.321. The Labute approximate surface area is 120 Å². The molecule has 4 nitrogen and oxygen atoms in total. The number of imide groups is 1. The highest BCUT2D eigenvalue weighted by Gasteiger charge is 2.37. The smallest absolute Gasteiger partial charge is 0.266 e. The number of hydrogen-bond donors (Lipinski definition) is 1. The maximum absolute atomic E-state index is 12.5. The van der Waals surface area contributed by atoms with Crippen molar-refractivity contribution < 1.29 is 9.59 Å². The van der Waals surface area contributed by atoms with Crippen LogP contribution >= 0.6 is 11.8 Å². The molecule has 0 fully saturated rings. The van der Waals surface area contributed by atoms with Gasteiger partial charge >= 0.3 is 0 Å². The van der Waals surface area contributed by atoms with Crippen LogP contribution in [-0.2, 0) is 0 Å². The summed E-state index contributed by atoms with van der Waals surface area (Å²) in [4.78, 5) is 27.0. The van der Waals surface area contributed by atoms with Gasteiger partial charge in [0.2, 0.25) is 0 Å². The minimum absolute atomic E-state index is 0.300. The second-order valence-corrected chi connectivity index (χ2v) is 5.27. The van der Waals surface area contributed by atoms with E-state index in [1.807, 2.05) is 24.5 Å². The van der Waals surface area contributed by atoms with E-state index in [9.17, 15) is 9.59 Å². The molecule has 1 aliphatic rings. The summed E-state index contributed by atoms with van der Waals surface area (Å²) in [7, 11) is 0. The van der Waals surface area contributed by atoms with Gasteiger partial charge in [-0.25, -0.2) is 4.90 Å². The highest BCUT2D eigenvalue weighted by atomic mass is 32.2. The zero-order valence-electron chi connectivity index (χ0n) is 10.8. The molecule has 1 aliphatic heterocycles. The van der Waals surface area contributed by atoms with Gasteiger partial charge in [-0.1, -0.05) is 12.1 Å². The molecule has 0 saturated carbocycles. The van der Waals surface area contributed by atoms with Gasteiger partial charge in [0.1, 0.15) is 0 Å². The Kier molecular flexibility index (Phi) is 2.99. The molecule has 0 spiro atoms. The molecule has 0 bridgehead atoms. The monoisotopic (exact) mass is 284 g/mol. The van der Waals surface area contributed by atoms with Gasteiger partial charge in [-0.05, 0) is 36.6 Å². The second-order valence-electron chi connectivity index (χ2n) is 4.42. The Morgan fingerprint density at radius 1 is 1.00 bits per heavy atom. The van der Waals surface area contributed by atoms with Crippen LogP contribution in [0.4, 0.5) is 11.4 Å². The fourth-order valence-electron chi connectivity index (χ4n) is 2.29. The average molecular weight is 284 g/mol. The molecule has 2 aromatic carbocycles. The van der Waals surface area contributed by atoms with Crippen LogP contribution in [0, 0.1) is 0 Å². The molecule has 5 heteroatoms. The molecule has 0 saturated heterocycles. The largest absolute Gasteiger partial charge is 0.399 e. The van der Waals surface area contributed by atoms with E-state index in [2.05, 4.69) is 0 Å². The Bertz CT molecular complexity index is 728. The number of nitrogens with two attached hydrogens (primary N) is 1. The maximum atomic E-state index is 12.5. The third-order valence-corrected chi connectivity index (χ3v) is 4.02. The van der Waals surface area contributed by atoms with Crippen molar-refractivity contribution >= 4 is 35.0 Å². The fourth-order valence-corrected chi connectivity index (χ4v) is 2.87. The zero-order chi connectivity index (χ0) is 14.3. The van der Waals surface area contributed by atoms with Gasteiger partial charge < -0.3 is 5.73 Å². The quantitative estimate of drug-likeness (QED) is 0.523. The summed E-state index contributed by atoms with van der Waals surface area (Å²) < 4.78 is 0. The van der Waals surface area contributed by atoms with E-state index in [0.717, 1.165) is 4.90 Å². The van der Waals surface area contributed by atoms with Crippen molar-refractivity contribution in [2.75, 3.05) is 16.9 Å². The van der Waals surface area contributed by atoms with E-state index >= 15 is 0 Å². The summed E-state index contributed by atoms with van der Waals surface area (Å²) in [5.41, 5.74) is 7.55. The lowest BCUT2D eigenvalue weighted by atomic mass is 10.1. The van der Waals surface area contributed by atoms with Crippen LogP contribution in [0.25, 0.3) is 0 Å². The number of thioether (sulfide) groups is 1. The van der Waals surface area contributed by atoms with Crippen molar-refractivity contribution in [1.82, 2.24) is 0 Å². The number of carbonyl (C=O) groups excluding carboxylic acids is 2. The van der Waals surface area contributed by atoms with Crippen LogP contribution in [0.5, 0.6) is 0 Å². The molecule has 0 atom stereocenters. The molecular weight excluding hydrogens is 272 g/mol. The molecule has 3 rings (SSSR count). The molecule has 2 N–H and O–H groups in total. The number of nitrogens with zero attached hydrogens (tertiary/aromatic N) is 1. The summed E-state index contributed by atoms with van der Waals surface area (Å²) in [5, 5.41) is 0. The van der Waals surface area contributed by atoms with Gasteiger partial charge in [0.05, 0.1) is 16.8 Å². The first-order valence-electron chi connectivity index (χ1n) is 6.05. The Balaban J connectivity index is 2.14. The average Bonchev–Trinajstić information content (AvgIpc) is 2.70. The van der Waals surface area contributed by atoms with Crippen molar-refractivity contribution in [3.63, 3.8) is 0 Å². The van der Waals surface area contributed by atoms with Gasteiger partial charge in [-0.2, -0.15) is 0 Å². The topological polar surface area (TPSA) is 63.4 Å². The van der Waals surface area contributed by atoms with Crippen LogP contribution in [-0.4, -0.2) is 18.1 Å². The Morgan fingerprint density at radius 2 is 1.70 bits per heavy atom. The van der Waals surface area contributed by atoms with Gasteiger partial charge in [-0.3, -0.25) is 9.59 Å². The number of carbonyl (C=O) groups is 2. The molecule has 2 amide bonds. The van der Waals surface area contributed by atoms with Gasteiger partial charge in [0.25, 0.3) is 11.8 Å². The lowest BCUT2D eigenvalue weighted by Crippen LogP contribution is -2.29. The molecule has 0 unspecified atom stereocenters. The first kappa shape index (κ1) is 12.7. The summed E-state index contributed by atoms with van der Waals surface area (Å²) in [6.45, 7) is 0. The molecule has 0 aliphatic carbocycles. The molecule has 100 valence electrons. The molecule has 1 heterocycles. The van der Waals surface area contributed by atoms with Gasteiger partial charge in [0.15, 0.2) is 0 Å². The number of hydrogen-bond acceptors (Lipinski definition) is 4. The minimum Gasteiger partial charge on any atom is -0.399 e. The first-order valence-corrected chi connectivity index (χ1v) is 7.27. The maximum Gasteiger partial charge on any atom is 0.266 e. The number of benzene rings is 2. The Hall–Kier alpha value is -2.27. The van der Waals surface area contributed by atoms with E-state index in [4.69, 9.17) is 5.73 Å². The normalized spacial score (nSPS) is 13.8. The van der Waals surface area contributed by atoms with Crippen LogP contribution in [0.1, 0.15) is 20.7 Å². The van der Waals surface area contributed by atoms with Gasteiger partial charge in [-0.15, -0.1) is 11.8 Å². The lowest BCUT2D eigenvalue weighted by Gasteiger charge is -2.16. The van der Waals surface area contributed by atoms with Crippen LogP contribution in [0.2, 0.25) is 0 Å². The summed E-state index contributed by atoms with van der Waals surface area (Å²) in [5.74, 6) is -0.620. The van der Waals surface area contributed by atoms with Crippen LogP contribution < -0.4 is 10.6 Å². The van der Waals surface area contributed by atoms with E-state index < -0.39 is 0 Å². The van der Waals surface area contributed by atoms with E-state index in [0.29, 0.717) is 22.5 Å². The van der Waals surface area contributed by atoms with Crippen molar-refractivity contribution in [3.8, 4) is 0 Å². The highest BCUT2D eigenvalue weighted by Crippen LogP contribution is 2.34. The van der Waals surface area contributed by atoms with Gasteiger partial charge in [0, 0.05) is 10.6 Å². The number of rotatable bonds is 2. The number of amides is 2. The SMILES string of the molecule is CSc1ccccc1N1C(=O)c2ccc(N)cc2C1=O. The van der Waals surface area contributed by atoms with Crippen molar-refractivity contribution in [2.24, 2.45) is 0 Å². The number of nitrogen functional groups attached to an aromatic ring is 1. The fraction of sp³-hybridized carbons (Fsp3) is 0.0667. The Morgan fingerprint density at radius 3 is 2.45 bits per heavy atom. The summed E-state index contributed by atoms with van der Waals surface area (Å²) in [6.07, 6.45) is 1.91. The summed E-state index contributed by atoms with van der Waals surface area (Å²) >= 11 is 1.50. The number of para-hydroxylation sites is 1. The zero-order valence-corrected chi connectivity index (χ0v) is 11.6. The van der Waals surface area contributed by atoms with Crippen LogP contribution in [0.3, 0.4) is 0 Å². The van der Waals surface area contributed by atoms with Crippen LogP contribution in [0.15, 0.2) is 47.4 Å². The standard InChI is InChI=1S/C15H12N2O2S/c1-20-13-5-3-2-4-12(13)17-14(18)10-7-6-9(16)8-11(10)15(17)19/h2-8H,16H2,1H3. The van der Waals surface area contributed by atoms with Crippen molar-refractivity contribution in [1.29, 1.82) is 0 Å². The number of anilines is 2. The number of fused-ring (bicyclic) bond motifs is 1. The molecule has 0 aromatic heterocycles. The lowest BCUT2D eigenvalue weighted by molar-refractivity contribution is 0.0925. The third-order valence-electron chi connectivity index (χ3n) is 3.24. The third kappa shape index (κ3) is 1.78. The van der Waals surface area contributed by atoms with E-state index in [-0.39, 0.29) is 11.8 Å². The predicted molar refractivity (Wildman–Crippen MR) is 80.2 cm³/mol.